The summed E-state index contributed by atoms with van der Waals surface area (Å²) in [5.41, 5.74) is 1.19. The number of benzene rings is 1. The second-order valence-corrected chi connectivity index (χ2v) is 6.18. The number of ketones is 1. The summed E-state index contributed by atoms with van der Waals surface area (Å²) in [6, 6.07) is 12.3. The minimum absolute atomic E-state index is 0.259. The molecule has 1 aromatic carbocycles. The van der Waals surface area contributed by atoms with E-state index in [0.717, 1.165) is 11.3 Å². The van der Waals surface area contributed by atoms with E-state index in [1.807, 2.05) is 25.1 Å². The maximum absolute atomic E-state index is 11.8. The van der Waals surface area contributed by atoms with Gasteiger partial charge in [-0.05, 0) is 58.8 Å². The van der Waals surface area contributed by atoms with Gasteiger partial charge in [0.25, 0.3) is 0 Å². The van der Waals surface area contributed by atoms with E-state index in [-0.39, 0.29) is 5.78 Å². The highest BCUT2D eigenvalue weighted by atomic mass is 127. The topological polar surface area (TPSA) is 17.1 Å². The molecule has 0 amide bonds. The third-order valence-corrected chi connectivity index (χ3v) is 4.31. The molecule has 2 aromatic rings. The molecule has 0 atom stereocenters. The van der Waals surface area contributed by atoms with Crippen molar-refractivity contribution in [1.29, 1.82) is 0 Å². The number of hydrogen-bond acceptors (Lipinski definition) is 2. The molecule has 0 saturated carbocycles. The molecule has 0 unspecified atom stereocenters. The summed E-state index contributed by atoms with van der Waals surface area (Å²) in [6.45, 7) is 2.03. The number of hydrogen-bond donors (Lipinski definition) is 0. The molecule has 0 saturated heterocycles. The van der Waals surface area contributed by atoms with Crippen LogP contribution in [0.1, 0.15) is 29.4 Å². The van der Waals surface area contributed by atoms with Crippen LogP contribution in [0, 0.1) is 3.57 Å². The summed E-state index contributed by atoms with van der Waals surface area (Å²) in [5, 5.41) is 0. The molecule has 88 valence electrons. The average molecular weight is 356 g/mol. The van der Waals surface area contributed by atoms with Gasteiger partial charge in [-0.3, -0.25) is 4.79 Å². The van der Waals surface area contributed by atoms with Gasteiger partial charge in [-0.1, -0.05) is 19.1 Å². The Labute approximate surface area is 119 Å². The Morgan fingerprint density at radius 1 is 1.29 bits per heavy atom. The van der Waals surface area contributed by atoms with Crippen LogP contribution in [0.25, 0.3) is 10.4 Å². The molecule has 0 bridgehead atoms. The zero-order chi connectivity index (χ0) is 12.3. The SMILES string of the molecule is CCCC(=O)c1ccc(-c2cccc(I)c2)s1. The van der Waals surface area contributed by atoms with Crippen LogP contribution >= 0.6 is 33.9 Å². The van der Waals surface area contributed by atoms with E-state index < -0.39 is 0 Å². The van der Waals surface area contributed by atoms with Gasteiger partial charge in [-0.2, -0.15) is 0 Å². The van der Waals surface area contributed by atoms with Crippen molar-refractivity contribution in [3.8, 4) is 10.4 Å². The Morgan fingerprint density at radius 2 is 2.12 bits per heavy atom. The average Bonchev–Trinajstić information content (AvgIpc) is 2.78. The molecule has 0 fully saturated rings. The van der Waals surface area contributed by atoms with E-state index in [2.05, 4.69) is 40.8 Å². The summed E-state index contributed by atoms with van der Waals surface area (Å²) < 4.78 is 1.22. The lowest BCUT2D eigenvalue weighted by Gasteiger charge is -1.97. The Hall–Kier alpha value is -0.680. The van der Waals surface area contributed by atoms with E-state index in [1.54, 1.807) is 11.3 Å². The molecule has 1 nitrogen and oxygen atoms in total. The summed E-state index contributed by atoms with van der Waals surface area (Å²) in [4.78, 5) is 13.8. The molecule has 0 N–H and O–H groups in total. The quantitative estimate of drug-likeness (QED) is 0.556. The number of carbonyl (C=O) groups is 1. The fourth-order valence-corrected chi connectivity index (χ4v) is 3.15. The van der Waals surface area contributed by atoms with Crippen LogP contribution < -0.4 is 0 Å². The minimum atomic E-state index is 0.259. The number of carbonyl (C=O) groups excluding carboxylic acids is 1. The van der Waals surface area contributed by atoms with Crippen molar-refractivity contribution in [3.63, 3.8) is 0 Å². The van der Waals surface area contributed by atoms with Gasteiger partial charge in [-0.25, -0.2) is 0 Å². The largest absolute Gasteiger partial charge is 0.293 e. The molecular formula is C14H13IOS. The third-order valence-electron chi connectivity index (χ3n) is 2.47. The first-order chi connectivity index (χ1) is 8.20. The van der Waals surface area contributed by atoms with E-state index in [4.69, 9.17) is 0 Å². The highest BCUT2D eigenvalue weighted by Gasteiger charge is 2.09. The normalized spacial score (nSPS) is 10.5. The first kappa shape index (κ1) is 12.8. The monoisotopic (exact) mass is 356 g/mol. The third kappa shape index (κ3) is 3.16. The van der Waals surface area contributed by atoms with Crippen molar-refractivity contribution in [3.05, 3.63) is 44.8 Å². The zero-order valence-electron chi connectivity index (χ0n) is 9.57. The molecule has 0 spiro atoms. The van der Waals surface area contributed by atoms with Crippen molar-refractivity contribution >= 4 is 39.7 Å². The van der Waals surface area contributed by atoms with E-state index in [9.17, 15) is 4.79 Å². The van der Waals surface area contributed by atoms with Crippen LogP contribution in [0.4, 0.5) is 0 Å². The van der Waals surface area contributed by atoms with Gasteiger partial charge >= 0.3 is 0 Å². The second-order valence-electron chi connectivity index (χ2n) is 3.85. The lowest BCUT2D eigenvalue weighted by molar-refractivity contribution is 0.0985. The molecule has 17 heavy (non-hydrogen) atoms. The number of Topliss-reactive ketones (excluding diaryl/α,β-unsaturated/α-hetero) is 1. The molecule has 2 rings (SSSR count). The zero-order valence-corrected chi connectivity index (χ0v) is 12.5. The van der Waals surface area contributed by atoms with Crippen LogP contribution in [-0.2, 0) is 0 Å². The van der Waals surface area contributed by atoms with E-state index >= 15 is 0 Å². The van der Waals surface area contributed by atoms with Crippen LogP contribution in [0.3, 0.4) is 0 Å². The minimum Gasteiger partial charge on any atom is -0.293 e. The molecule has 1 heterocycles. The number of thiophene rings is 1. The van der Waals surface area contributed by atoms with Crippen molar-refractivity contribution in [2.75, 3.05) is 0 Å². The molecule has 1 aromatic heterocycles. The Bertz CT molecular complexity index is 531. The number of rotatable bonds is 4. The number of halogens is 1. The van der Waals surface area contributed by atoms with Crippen molar-refractivity contribution < 1.29 is 4.79 Å². The summed E-state index contributed by atoms with van der Waals surface area (Å²) in [7, 11) is 0. The highest BCUT2D eigenvalue weighted by Crippen LogP contribution is 2.29. The van der Waals surface area contributed by atoms with Crippen LogP contribution in [0.2, 0.25) is 0 Å². The Kier molecular flexibility index (Phi) is 4.34. The smallest absolute Gasteiger partial charge is 0.172 e. The maximum Gasteiger partial charge on any atom is 0.172 e. The predicted molar refractivity (Wildman–Crippen MR) is 81.7 cm³/mol. The van der Waals surface area contributed by atoms with Crippen LogP contribution in [-0.4, -0.2) is 5.78 Å². The molecular weight excluding hydrogens is 343 g/mol. The predicted octanol–water partition coefficient (Wildman–Crippen LogP) is 5.00. The van der Waals surface area contributed by atoms with Crippen molar-refractivity contribution in [2.24, 2.45) is 0 Å². The van der Waals surface area contributed by atoms with Crippen molar-refractivity contribution in [1.82, 2.24) is 0 Å². The van der Waals surface area contributed by atoms with Gasteiger partial charge in [0, 0.05) is 14.9 Å². The Morgan fingerprint density at radius 3 is 2.82 bits per heavy atom. The van der Waals surface area contributed by atoms with Crippen LogP contribution in [0.15, 0.2) is 36.4 Å². The molecule has 0 aliphatic heterocycles. The molecule has 0 aliphatic rings. The fraction of sp³-hybridized carbons (Fsp3) is 0.214. The van der Waals surface area contributed by atoms with Crippen LogP contribution in [0.5, 0.6) is 0 Å². The molecule has 0 aliphatic carbocycles. The second kappa shape index (κ2) is 5.78. The first-order valence-electron chi connectivity index (χ1n) is 5.59. The summed E-state index contributed by atoms with van der Waals surface area (Å²) in [5.74, 6) is 0.259. The summed E-state index contributed by atoms with van der Waals surface area (Å²) >= 11 is 3.89. The standard InChI is InChI=1S/C14H13IOS/c1-2-4-12(16)14-8-7-13(17-14)10-5-3-6-11(15)9-10/h3,5-9H,2,4H2,1H3. The van der Waals surface area contributed by atoms with E-state index in [1.165, 1.54) is 14.0 Å². The maximum atomic E-state index is 11.8. The molecule has 3 heteroatoms. The highest BCUT2D eigenvalue weighted by molar-refractivity contribution is 14.1. The van der Waals surface area contributed by atoms with Crippen molar-refractivity contribution in [2.45, 2.75) is 19.8 Å². The fourth-order valence-electron chi connectivity index (χ4n) is 1.63. The van der Waals surface area contributed by atoms with Gasteiger partial charge < -0.3 is 0 Å². The van der Waals surface area contributed by atoms with Gasteiger partial charge in [-0.15, -0.1) is 11.3 Å². The van der Waals surface area contributed by atoms with Gasteiger partial charge in [0.1, 0.15) is 0 Å². The lowest BCUT2D eigenvalue weighted by Crippen LogP contribution is -1.93. The van der Waals surface area contributed by atoms with Gasteiger partial charge in [0.2, 0.25) is 0 Å². The Balaban J connectivity index is 2.27. The van der Waals surface area contributed by atoms with Gasteiger partial charge in [0.15, 0.2) is 5.78 Å². The first-order valence-corrected chi connectivity index (χ1v) is 7.49. The lowest BCUT2D eigenvalue weighted by atomic mass is 10.2. The molecule has 0 radical (unpaired) electrons. The van der Waals surface area contributed by atoms with E-state index in [0.29, 0.717) is 6.42 Å². The summed E-state index contributed by atoms with van der Waals surface area (Å²) in [6.07, 6.45) is 1.56. The van der Waals surface area contributed by atoms with Gasteiger partial charge in [0.05, 0.1) is 4.88 Å².